The van der Waals surface area contributed by atoms with Crippen molar-refractivity contribution in [3.05, 3.63) is 64.6 Å². The van der Waals surface area contributed by atoms with E-state index in [2.05, 4.69) is 5.32 Å². The third-order valence-corrected chi connectivity index (χ3v) is 5.93. The number of hydrogen-bond acceptors (Lipinski definition) is 5. The Hall–Kier alpha value is -2.05. The summed E-state index contributed by atoms with van der Waals surface area (Å²) in [5, 5.41) is 2.89. The van der Waals surface area contributed by atoms with E-state index in [1.807, 2.05) is 30.3 Å². The highest BCUT2D eigenvalue weighted by Crippen LogP contribution is 2.39. The summed E-state index contributed by atoms with van der Waals surface area (Å²) in [4.78, 5) is 12.7. The van der Waals surface area contributed by atoms with E-state index in [1.165, 1.54) is 0 Å². The lowest BCUT2D eigenvalue weighted by atomic mass is 10.3. The largest absolute Gasteiger partial charge is 0.497 e. The summed E-state index contributed by atoms with van der Waals surface area (Å²) in [6, 6.07) is 16.6. The van der Waals surface area contributed by atoms with Crippen LogP contribution in [-0.4, -0.2) is 24.5 Å². The fraction of sp³-hybridized carbons (Fsp3) is 0.167. The molecule has 0 spiro atoms. The molecule has 0 aromatic heterocycles. The Morgan fingerprint density at radius 1 is 0.958 bits per heavy atom. The fourth-order valence-corrected chi connectivity index (χ4v) is 4.49. The molecule has 1 saturated heterocycles. The molecule has 3 rings (SSSR count). The Morgan fingerprint density at radius 2 is 1.62 bits per heavy atom. The summed E-state index contributed by atoms with van der Waals surface area (Å²) in [5.41, 5.74) is 0.698. The summed E-state index contributed by atoms with van der Waals surface area (Å²) in [7, 11) is 1.61. The van der Waals surface area contributed by atoms with Crippen LogP contribution in [0.3, 0.4) is 0 Å². The van der Waals surface area contributed by atoms with Crippen molar-refractivity contribution in [2.24, 2.45) is 0 Å². The van der Waals surface area contributed by atoms with Gasteiger partial charge in [0.2, 0.25) is 5.76 Å². The Bertz CT molecular complexity index is 722. The molecule has 1 heterocycles. The monoisotopic (exact) mass is 359 g/mol. The third kappa shape index (κ3) is 4.27. The first-order chi connectivity index (χ1) is 11.8. The van der Waals surface area contributed by atoms with Crippen molar-refractivity contribution < 1.29 is 14.3 Å². The second-order valence-corrected chi connectivity index (χ2v) is 7.38. The number of anilines is 1. The van der Waals surface area contributed by atoms with Gasteiger partial charge in [-0.2, -0.15) is 0 Å². The predicted octanol–water partition coefficient (Wildman–Crippen LogP) is 4.36. The molecule has 1 aliphatic rings. The average molecular weight is 359 g/mol. The molecule has 6 heteroatoms. The molecule has 0 unspecified atom stereocenters. The second kappa shape index (κ2) is 8.17. The number of carbonyl (C=O) groups is 1. The van der Waals surface area contributed by atoms with Gasteiger partial charge in [0.05, 0.1) is 11.3 Å². The molecule has 0 atom stereocenters. The quantitative estimate of drug-likeness (QED) is 0.635. The molecule has 0 saturated carbocycles. The van der Waals surface area contributed by atoms with E-state index in [0.717, 1.165) is 21.5 Å². The smallest absolute Gasteiger partial charge is 0.293 e. The van der Waals surface area contributed by atoms with E-state index >= 15 is 0 Å². The maximum atomic E-state index is 12.7. The molecule has 0 aliphatic carbocycles. The molecule has 1 amide bonds. The van der Waals surface area contributed by atoms with Crippen molar-refractivity contribution in [2.45, 2.75) is 0 Å². The SMILES string of the molecule is COc1ccc(NC(=O)C(Oc2ccccc2)=C2SCCS2)cc1. The number of nitrogens with one attached hydrogen (secondary N) is 1. The Labute approximate surface area is 149 Å². The van der Waals surface area contributed by atoms with Gasteiger partial charge in [-0.15, -0.1) is 23.5 Å². The van der Waals surface area contributed by atoms with E-state index in [4.69, 9.17) is 9.47 Å². The Morgan fingerprint density at radius 3 is 2.25 bits per heavy atom. The van der Waals surface area contributed by atoms with Crippen LogP contribution in [0.5, 0.6) is 11.5 Å². The minimum atomic E-state index is -0.249. The topological polar surface area (TPSA) is 47.6 Å². The first-order valence-corrected chi connectivity index (χ1v) is 9.41. The van der Waals surface area contributed by atoms with Gasteiger partial charge in [0, 0.05) is 17.2 Å². The van der Waals surface area contributed by atoms with Gasteiger partial charge < -0.3 is 14.8 Å². The number of para-hydroxylation sites is 1. The van der Waals surface area contributed by atoms with Crippen molar-refractivity contribution in [2.75, 3.05) is 23.9 Å². The molecule has 24 heavy (non-hydrogen) atoms. The van der Waals surface area contributed by atoms with Crippen LogP contribution in [-0.2, 0) is 4.79 Å². The fourth-order valence-electron chi connectivity index (χ4n) is 2.09. The van der Waals surface area contributed by atoms with Crippen molar-refractivity contribution in [3.8, 4) is 11.5 Å². The molecule has 124 valence electrons. The standard InChI is InChI=1S/C18H17NO3S2/c1-21-14-9-7-13(8-10-14)19-17(20)16(18-23-11-12-24-18)22-15-5-3-2-4-6-15/h2-10H,11-12H2,1H3,(H,19,20). The predicted molar refractivity (Wildman–Crippen MR) is 101 cm³/mol. The van der Waals surface area contributed by atoms with Crippen molar-refractivity contribution in [1.82, 2.24) is 0 Å². The third-order valence-electron chi connectivity index (χ3n) is 3.25. The van der Waals surface area contributed by atoms with E-state index in [0.29, 0.717) is 17.2 Å². The molecule has 4 nitrogen and oxygen atoms in total. The lowest BCUT2D eigenvalue weighted by molar-refractivity contribution is -0.114. The van der Waals surface area contributed by atoms with Crippen molar-refractivity contribution in [1.29, 1.82) is 0 Å². The highest BCUT2D eigenvalue weighted by molar-refractivity contribution is 8.25. The average Bonchev–Trinajstić information content (AvgIpc) is 3.15. The van der Waals surface area contributed by atoms with Crippen molar-refractivity contribution in [3.63, 3.8) is 0 Å². The summed E-state index contributed by atoms with van der Waals surface area (Å²) in [5.74, 6) is 3.46. The molecule has 2 aromatic carbocycles. The number of thioether (sulfide) groups is 2. The highest BCUT2D eigenvalue weighted by atomic mass is 32.2. The zero-order valence-electron chi connectivity index (χ0n) is 13.2. The van der Waals surface area contributed by atoms with Crippen LogP contribution >= 0.6 is 23.5 Å². The molecule has 1 aliphatic heterocycles. The summed E-state index contributed by atoms with van der Waals surface area (Å²) >= 11 is 3.30. The highest BCUT2D eigenvalue weighted by Gasteiger charge is 2.22. The van der Waals surface area contributed by atoms with Crippen LogP contribution in [0.1, 0.15) is 0 Å². The zero-order valence-corrected chi connectivity index (χ0v) is 14.8. The number of benzene rings is 2. The molecule has 0 bridgehead atoms. The van der Waals surface area contributed by atoms with Gasteiger partial charge in [-0.3, -0.25) is 4.79 Å². The van der Waals surface area contributed by atoms with Gasteiger partial charge in [0.15, 0.2) is 0 Å². The maximum absolute atomic E-state index is 12.7. The Balaban J connectivity index is 1.79. The number of carbonyl (C=O) groups excluding carboxylic acids is 1. The van der Waals surface area contributed by atoms with Gasteiger partial charge in [0.1, 0.15) is 11.5 Å². The minimum Gasteiger partial charge on any atom is -0.497 e. The first kappa shape index (κ1) is 16.8. The van der Waals surface area contributed by atoms with Crippen LogP contribution in [0, 0.1) is 0 Å². The number of amides is 1. The summed E-state index contributed by atoms with van der Waals surface area (Å²) in [6.07, 6.45) is 0. The van der Waals surface area contributed by atoms with Gasteiger partial charge in [0.25, 0.3) is 5.91 Å². The van der Waals surface area contributed by atoms with Gasteiger partial charge >= 0.3 is 0 Å². The van der Waals surface area contributed by atoms with Crippen LogP contribution in [0.2, 0.25) is 0 Å². The number of ether oxygens (including phenoxy) is 2. The lowest BCUT2D eigenvalue weighted by Gasteiger charge is -2.13. The summed E-state index contributed by atoms with van der Waals surface area (Å²) in [6.45, 7) is 0. The zero-order chi connectivity index (χ0) is 16.8. The normalized spacial score (nSPS) is 13.5. The molecular formula is C18H17NO3S2. The van der Waals surface area contributed by atoms with Gasteiger partial charge in [-0.05, 0) is 36.4 Å². The van der Waals surface area contributed by atoms with Crippen LogP contribution in [0.4, 0.5) is 5.69 Å². The van der Waals surface area contributed by atoms with E-state index < -0.39 is 0 Å². The van der Waals surface area contributed by atoms with Crippen LogP contribution in [0.15, 0.2) is 64.6 Å². The number of methoxy groups -OCH3 is 1. The molecule has 0 radical (unpaired) electrons. The lowest BCUT2D eigenvalue weighted by Crippen LogP contribution is -2.19. The molecule has 2 aromatic rings. The molecular weight excluding hydrogens is 342 g/mol. The van der Waals surface area contributed by atoms with Crippen molar-refractivity contribution >= 4 is 35.1 Å². The van der Waals surface area contributed by atoms with E-state index in [1.54, 1.807) is 54.9 Å². The number of rotatable bonds is 5. The van der Waals surface area contributed by atoms with Crippen LogP contribution in [0.25, 0.3) is 0 Å². The van der Waals surface area contributed by atoms with E-state index in [9.17, 15) is 4.79 Å². The van der Waals surface area contributed by atoms with Gasteiger partial charge in [-0.1, -0.05) is 18.2 Å². The van der Waals surface area contributed by atoms with E-state index in [-0.39, 0.29) is 5.91 Å². The van der Waals surface area contributed by atoms with Gasteiger partial charge in [-0.25, -0.2) is 0 Å². The molecule has 1 fully saturated rings. The summed E-state index contributed by atoms with van der Waals surface area (Å²) < 4.78 is 11.9. The maximum Gasteiger partial charge on any atom is 0.293 e. The Kier molecular flexibility index (Phi) is 5.72. The minimum absolute atomic E-state index is 0.249. The second-order valence-electron chi connectivity index (χ2n) is 4.91. The van der Waals surface area contributed by atoms with Crippen LogP contribution < -0.4 is 14.8 Å². The first-order valence-electron chi connectivity index (χ1n) is 7.44. The molecule has 1 N–H and O–H groups in total. The number of hydrogen-bond donors (Lipinski definition) is 1.